The molecule has 0 heterocycles. The molecule has 0 aromatic heterocycles. The van der Waals surface area contributed by atoms with E-state index in [2.05, 4.69) is 12.2 Å². The summed E-state index contributed by atoms with van der Waals surface area (Å²) in [4.78, 5) is 13.6. The fourth-order valence-corrected chi connectivity index (χ4v) is 3.13. The molecule has 1 fully saturated rings. The van der Waals surface area contributed by atoms with Crippen LogP contribution in [0.5, 0.6) is 0 Å². The van der Waals surface area contributed by atoms with Gasteiger partial charge in [-0.25, -0.2) is 8.42 Å². The number of amides is 1. The van der Waals surface area contributed by atoms with Gasteiger partial charge in [0, 0.05) is 36.4 Å². The van der Waals surface area contributed by atoms with E-state index >= 15 is 0 Å². The van der Waals surface area contributed by atoms with Crippen LogP contribution in [-0.2, 0) is 9.05 Å². The first-order valence-electron chi connectivity index (χ1n) is 6.27. The summed E-state index contributed by atoms with van der Waals surface area (Å²) in [6.45, 7) is 2.05. The molecular weight excluding hydrogens is 300 g/mol. The second-order valence-corrected chi connectivity index (χ2v) is 7.84. The summed E-state index contributed by atoms with van der Waals surface area (Å²) < 4.78 is 23.3. The number of rotatable bonds is 4. The minimum Gasteiger partial charge on any atom is -0.377 e. The van der Waals surface area contributed by atoms with Gasteiger partial charge in [0.05, 0.1) is 5.69 Å². The van der Waals surface area contributed by atoms with Crippen molar-refractivity contribution in [1.82, 2.24) is 5.32 Å². The van der Waals surface area contributed by atoms with Gasteiger partial charge in [-0.1, -0.05) is 6.92 Å². The summed E-state index contributed by atoms with van der Waals surface area (Å²) in [6.07, 6.45) is 0.960. The largest absolute Gasteiger partial charge is 0.377 e. The number of halogens is 1. The lowest BCUT2D eigenvalue weighted by molar-refractivity contribution is 0.0949. The number of carbonyl (C=O) groups is 1. The molecular formula is C13H17ClN2O3S. The number of hydrogen-bond donors (Lipinski definition) is 1. The lowest BCUT2D eigenvalue weighted by atomic mass is 10.2. The SMILES string of the molecule is CC1CC1NC(=O)c1ccc(N(C)C)c(S(=O)(=O)Cl)c1. The third kappa shape index (κ3) is 3.24. The van der Waals surface area contributed by atoms with E-state index in [9.17, 15) is 13.2 Å². The highest BCUT2D eigenvalue weighted by molar-refractivity contribution is 8.13. The lowest BCUT2D eigenvalue weighted by Crippen LogP contribution is -2.26. The average Bonchev–Trinajstić information content (AvgIpc) is 3.02. The molecule has 0 saturated heterocycles. The summed E-state index contributed by atoms with van der Waals surface area (Å²) in [6, 6.07) is 4.69. The van der Waals surface area contributed by atoms with E-state index in [1.807, 2.05) is 0 Å². The van der Waals surface area contributed by atoms with Crippen LogP contribution in [-0.4, -0.2) is 34.5 Å². The molecule has 0 spiro atoms. The minimum absolute atomic E-state index is 0.0549. The quantitative estimate of drug-likeness (QED) is 0.860. The first-order chi connectivity index (χ1) is 9.20. The van der Waals surface area contributed by atoms with E-state index in [1.165, 1.54) is 6.07 Å². The van der Waals surface area contributed by atoms with Gasteiger partial charge in [-0.2, -0.15) is 0 Å². The molecule has 0 bridgehead atoms. The van der Waals surface area contributed by atoms with Crippen molar-refractivity contribution < 1.29 is 13.2 Å². The highest BCUT2D eigenvalue weighted by atomic mass is 35.7. The van der Waals surface area contributed by atoms with Crippen LogP contribution in [0.15, 0.2) is 23.1 Å². The average molecular weight is 317 g/mol. The second kappa shape index (κ2) is 5.26. The Balaban J connectivity index is 2.34. The number of nitrogens with one attached hydrogen (secondary N) is 1. The zero-order valence-corrected chi connectivity index (χ0v) is 13.1. The summed E-state index contributed by atoms with van der Waals surface area (Å²) in [5, 5.41) is 2.86. The summed E-state index contributed by atoms with van der Waals surface area (Å²) >= 11 is 0. The van der Waals surface area contributed by atoms with Gasteiger partial charge in [-0.05, 0) is 30.5 Å². The van der Waals surface area contributed by atoms with Crippen molar-refractivity contribution in [2.24, 2.45) is 5.92 Å². The van der Waals surface area contributed by atoms with Crippen molar-refractivity contribution in [3.05, 3.63) is 23.8 Å². The molecule has 7 heteroatoms. The van der Waals surface area contributed by atoms with Crippen molar-refractivity contribution >= 4 is 31.3 Å². The Hall–Kier alpha value is -1.27. The van der Waals surface area contributed by atoms with E-state index in [0.717, 1.165) is 6.42 Å². The van der Waals surface area contributed by atoms with Crippen LogP contribution in [0, 0.1) is 5.92 Å². The van der Waals surface area contributed by atoms with Gasteiger partial charge < -0.3 is 10.2 Å². The van der Waals surface area contributed by atoms with Crippen LogP contribution in [0.25, 0.3) is 0 Å². The van der Waals surface area contributed by atoms with Crippen molar-refractivity contribution in [2.75, 3.05) is 19.0 Å². The Morgan fingerprint density at radius 3 is 2.45 bits per heavy atom. The van der Waals surface area contributed by atoms with Gasteiger partial charge in [0.25, 0.3) is 15.0 Å². The van der Waals surface area contributed by atoms with Crippen LogP contribution in [0.2, 0.25) is 0 Å². The van der Waals surface area contributed by atoms with E-state index in [4.69, 9.17) is 10.7 Å². The molecule has 20 heavy (non-hydrogen) atoms. The maximum Gasteiger partial charge on any atom is 0.263 e. The Kier molecular flexibility index (Phi) is 3.97. The summed E-state index contributed by atoms with van der Waals surface area (Å²) in [7, 11) is 4.96. The maximum atomic E-state index is 12.0. The van der Waals surface area contributed by atoms with Crippen molar-refractivity contribution in [3.63, 3.8) is 0 Å². The predicted molar refractivity (Wildman–Crippen MR) is 78.8 cm³/mol. The highest BCUT2D eigenvalue weighted by Gasteiger charge is 2.34. The summed E-state index contributed by atoms with van der Waals surface area (Å²) in [5.41, 5.74) is 0.755. The normalized spacial score (nSPS) is 21.4. The molecule has 1 aliphatic carbocycles. The summed E-state index contributed by atoms with van der Waals surface area (Å²) in [5.74, 6) is 0.211. The molecule has 1 amide bonds. The third-order valence-electron chi connectivity index (χ3n) is 3.39. The number of carbonyl (C=O) groups excluding carboxylic acids is 1. The van der Waals surface area contributed by atoms with Gasteiger partial charge in [0.15, 0.2) is 0 Å². The van der Waals surface area contributed by atoms with Gasteiger partial charge in [0.2, 0.25) is 0 Å². The van der Waals surface area contributed by atoms with E-state index in [-0.39, 0.29) is 16.8 Å². The third-order valence-corrected chi connectivity index (χ3v) is 4.74. The molecule has 2 unspecified atom stereocenters. The fraction of sp³-hybridized carbons (Fsp3) is 0.462. The zero-order valence-electron chi connectivity index (χ0n) is 11.6. The molecule has 1 aliphatic rings. The van der Waals surface area contributed by atoms with Gasteiger partial charge >= 0.3 is 0 Å². The van der Waals surface area contributed by atoms with Gasteiger partial charge in [0.1, 0.15) is 4.90 Å². The molecule has 1 saturated carbocycles. The van der Waals surface area contributed by atoms with Crippen LogP contribution in [0.1, 0.15) is 23.7 Å². The van der Waals surface area contributed by atoms with E-state index in [0.29, 0.717) is 17.2 Å². The van der Waals surface area contributed by atoms with Crippen molar-refractivity contribution in [1.29, 1.82) is 0 Å². The topological polar surface area (TPSA) is 66.5 Å². The Morgan fingerprint density at radius 1 is 1.40 bits per heavy atom. The molecule has 1 N–H and O–H groups in total. The maximum absolute atomic E-state index is 12.0. The second-order valence-electron chi connectivity index (χ2n) is 5.31. The molecule has 2 rings (SSSR count). The van der Waals surface area contributed by atoms with Crippen LogP contribution in [0.4, 0.5) is 5.69 Å². The van der Waals surface area contributed by atoms with Crippen LogP contribution < -0.4 is 10.2 Å². The Bertz CT molecular complexity index is 643. The predicted octanol–water partition coefficient (Wildman–Crippen LogP) is 1.82. The van der Waals surface area contributed by atoms with Crippen molar-refractivity contribution in [3.8, 4) is 0 Å². The molecule has 0 aliphatic heterocycles. The molecule has 1 aromatic carbocycles. The Morgan fingerprint density at radius 2 is 2.00 bits per heavy atom. The molecule has 2 atom stereocenters. The highest BCUT2D eigenvalue weighted by Crippen LogP contribution is 2.31. The first-order valence-corrected chi connectivity index (χ1v) is 8.58. The minimum atomic E-state index is -3.91. The molecule has 1 aromatic rings. The van der Waals surface area contributed by atoms with E-state index < -0.39 is 9.05 Å². The van der Waals surface area contributed by atoms with Crippen molar-refractivity contribution in [2.45, 2.75) is 24.3 Å². The number of benzene rings is 1. The number of hydrogen-bond acceptors (Lipinski definition) is 4. The van der Waals surface area contributed by atoms with Crippen LogP contribution in [0.3, 0.4) is 0 Å². The zero-order chi connectivity index (χ0) is 15.1. The van der Waals surface area contributed by atoms with Gasteiger partial charge in [-0.3, -0.25) is 4.79 Å². The molecule has 0 radical (unpaired) electrons. The van der Waals surface area contributed by atoms with Gasteiger partial charge in [-0.15, -0.1) is 0 Å². The lowest BCUT2D eigenvalue weighted by Gasteiger charge is -2.16. The van der Waals surface area contributed by atoms with E-state index in [1.54, 1.807) is 31.1 Å². The fourth-order valence-electron chi connectivity index (χ4n) is 1.99. The first kappa shape index (κ1) is 15.1. The smallest absolute Gasteiger partial charge is 0.263 e. The number of anilines is 1. The van der Waals surface area contributed by atoms with Crippen LogP contribution >= 0.6 is 10.7 Å². The molecule has 5 nitrogen and oxygen atoms in total. The monoisotopic (exact) mass is 316 g/mol. The molecule has 110 valence electrons. The Labute approximate surface area is 123 Å². The number of nitrogens with zero attached hydrogens (tertiary/aromatic N) is 1. The standard InChI is InChI=1S/C13H17ClN2O3S/c1-8-6-10(8)15-13(17)9-4-5-11(16(2)3)12(7-9)20(14,18)19/h4-5,7-8,10H,6H2,1-3H3,(H,15,17).